The first-order chi connectivity index (χ1) is 13.2. The molecule has 0 radical (unpaired) electrons. The highest BCUT2D eigenvalue weighted by atomic mass is 16.5. The van der Waals surface area contributed by atoms with Crippen molar-refractivity contribution in [1.82, 2.24) is 19.7 Å². The quantitative estimate of drug-likeness (QED) is 0.828. The van der Waals surface area contributed by atoms with Crippen LogP contribution in [-0.4, -0.2) is 71.0 Å². The normalized spacial score (nSPS) is 19.2. The van der Waals surface area contributed by atoms with Gasteiger partial charge in [0.2, 0.25) is 0 Å². The van der Waals surface area contributed by atoms with Crippen molar-refractivity contribution in [3.05, 3.63) is 59.9 Å². The molecule has 2 aliphatic heterocycles. The van der Waals surface area contributed by atoms with E-state index in [0.717, 1.165) is 5.69 Å². The Morgan fingerprint density at radius 3 is 2.74 bits per heavy atom. The number of benzene rings is 1. The molecule has 0 unspecified atom stereocenters. The average Bonchev–Trinajstić information content (AvgIpc) is 3.03. The fourth-order valence-corrected chi connectivity index (χ4v) is 3.77. The summed E-state index contributed by atoms with van der Waals surface area (Å²) in [5, 5.41) is 0. The number of pyridine rings is 1. The van der Waals surface area contributed by atoms with Gasteiger partial charge < -0.3 is 19.4 Å². The Morgan fingerprint density at radius 2 is 1.96 bits per heavy atom. The van der Waals surface area contributed by atoms with Gasteiger partial charge in [0.25, 0.3) is 5.91 Å². The predicted molar refractivity (Wildman–Crippen MR) is 99.4 cm³/mol. The lowest BCUT2D eigenvalue weighted by atomic mass is 10.1. The molecule has 7 nitrogen and oxygen atoms in total. The number of nitrogens with zero attached hydrogens (tertiary/aromatic N) is 4. The van der Waals surface area contributed by atoms with Crippen LogP contribution in [0.15, 0.2) is 48.7 Å². The Balaban J connectivity index is 1.45. The minimum absolute atomic E-state index is 0.00798. The zero-order valence-corrected chi connectivity index (χ0v) is 15.2. The second kappa shape index (κ2) is 7.26. The van der Waals surface area contributed by atoms with Crippen molar-refractivity contribution in [3.8, 4) is 5.75 Å². The Hall–Kier alpha value is -3.09. The van der Waals surface area contributed by atoms with Gasteiger partial charge in [0.1, 0.15) is 5.75 Å². The molecule has 4 rings (SSSR count). The number of ether oxygens (including phenoxy) is 1. The molecule has 0 N–H and O–H groups in total. The number of rotatable bonds is 4. The molecule has 2 saturated heterocycles. The number of methoxy groups -OCH3 is 1. The zero-order valence-electron chi connectivity index (χ0n) is 15.2. The van der Waals surface area contributed by atoms with Crippen LogP contribution in [-0.2, 0) is 6.54 Å². The first-order valence-corrected chi connectivity index (χ1v) is 9.05. The summed E-state index contributed by atoms with van der Waals surface area (Å²) in [6.45, 7) is 2.69. The van der Waals surface area contributed by atoms with E-state index in [9.17, 15) is 9.59 Å². The molecule has 1 atom stereocenters. The van der Waals surface area contributed by atoms with E-state index in [1.807, 2.05) is 45.0 Å². The minimum Gasteiger partial charge on any atom is -0.496 e. The number of para-hydroxylation sites is 1. The highest BCUT2D eigenvalue weighted by Crippen LogP contribution is 2.25. The molecule has 1 aromatic carbocycles. The summed E-state index contributed by atoms with van der Waals surface area (Å²) < 4.78 is 5.32. The molecule has 0 saturated carbocycles. The number of carbonyl (C=O) groups excluding carboxylic acids is 2. The number of fused-ring (bicyclic) bond motifs is 1. The van der Waals surface area contributed by atoms with Gasteiger partial charge in [0.15, 0.2) is 0 Å². The third-order valence-electron chi connectivity index (χ3n) is 5.13. The molecule has 3 heterocycles. The molecule has 2 aromatic rings. The summed E-state index contributed by atoms with van der Waals surface area (Å²) >= 11 is 0. The summed E-state index contributed by atoms with van der Waals surface area (Å²) in [4.78, 5) is 35.4. The van der Waals surface area contributed by atoms with Crippen LogP contribution < -0.4 is 4.74 Å². The Labute approximate surface area is 158 Å². The van der Waals surface area contributed by atoms with Crippen LogP contribution >= 0.6 is 0 Å². The van der Waals surface area contributed by atoms with Crippen molar-refractivity contribution < 1.29 is 14.3 Å². The lowest BCUT2D eigenvalue weighted by molar-refractivity contribution is 0.0613. The van der Waals surface area contributed by atoms with E-state index in [-0.39, 0.29) is 18.0 Å². The van der Waals surface area contributed by atoms with Crippen molar-refractivity contribution in [2.75, 3.05) is 33.3 Å². The van der Waals surface area contributed by atoms with Gasteiger partial charge >= 0.3 is 6.03 Å². The Kier molecular flexibility index (Phi) is 4.66. The maximum Gasteiger partial charge on any atom is 0.320 e. The van der Waals surface area contributed by atoms with Crippen molar-refractivity contribution in [3.63, 3.8) is 0 Å². The highest BCUT2D eigenvalue weighted by molar-refractivity contribution is 5.97. The minimum atomic E-state index is -0.0530. The topological polar surface area (TPSA) is 66.0 Å². The third kappa shape index (κ3) is 3.32. The van der Waals surface area contributed by atoms with Gasteiger partial charge in [0, 0.05) is 32.4 Å². The van der Waals surface area contributed by atoms with E-state index >= 15 is 0 Å². The van der Waals surface area contributed by atoms with Crippen molar-refractivity contribution in [1.29, 1.82) is 0 Å². The summed E-state index contributed by atoms with van der Waals surface area (Å²) in [5.74, 6) is 0.520. The molecule has 0 bridgehead atoms. The van der Waals surface area contributed by atoms with Crippen LogP contribution in [0.3, 0.4) is 0 Å². The van der Waals surface area contributed by atoms with Crippen molar-refractivity contribution in [2.24, 2.45) is 0 Å². The summed E-state index contributed by atoms with van der Waals surface area (Å²) in [6.07, 6.45) is 1.73. The van der Waals surface area contributed by atoms with E-state index < -0.39 is 0 Å². The number of carbonyl (C=O) groups is 2. The first kappa shape index (κ1) is 17.3. The maximum atomic E-state index is 12.9. The van der Waals surface area contributed by atoms with E-state index in [2.05, 4.69) is 4.98 Å². The SMILES string of the molecule is COc1ccccc1C(=O)N1CCN2C(=O)N(Cc3ccccn3)C[C@H]2C1. The lowest BCUT2D eigenvalue weighted by Crippen LogP contribution is -2.53. The van der Waals surface area contributed by atoms with Crippen LogP contribution in [0, 0.1) is 0 Å². The molecule has 140 valence electrons. The molecule has 3 amide bonds. The smallest absolute Gasteiger partial charge is 0.320 e. The number of hydrogen-bond donors (Lipinski definition) is 0. The fraction of sp³-hybridized carbons (Fsp3) is 0.350. The van der Waals surface area contributed by atoms with Crippen LogP contribution in [0.2, 0.25) is 0 Å². The van der Waals surface area contributed by atoms with E-state index in [0.29, 0.717) is 44.0 Å². The molecule has 2 aliphatic rings. The van der Waals surface area contributed by atoms with Gasteiger partial charge in [-0.05, 0) is 24.3 Å². The van der Waals surface area contributed by atoms with Gasteiger partial charge in [0.05, 0.1) is 31.0 Å². The molecule has 0 aliphatic carbocycles. The molecule has 0 spiro atoms. The maximum absolute atomic E-state index is 12.9. The Bertz CT molecular complexity index is 842. The Morgan fingerprint density at radius 1 is 1.15 bits per heavy atom. The van der Waals surface area contributed by atoms with E-state index in [4.69, 9.17) is 4.74 Å². The van der Waals surface area contributed by atoms with Gasteiger partial charge in [-0.1, -0.05) is 18.2 Å². The average molecular weight is 366 g/mol. The van der Waals surface area contributed by atoms with Crippen LogP contribution in [0.4, 0.5) is 4.79 Å². The van der Waals surface area contributed by atoms with E-state index in [1.165, 1.54) is 0 Å². The monoisotopic (exact) mass is 366 g/mol. The fourth-order valence-electron chi connectivity index (χ4n) is 3.77. The molecule has 2 fully saturated rings. The number of aromatic nitrogens is 1. The first-order valence-electron chi connectivity index (χ1n) is 9.05. The van der Waals surface area contributed by atoms with Gasteiger partial charge in [-0.25, -0.2) is 4.79 Å². The third-order valence-corrected chi connectivity index (χ3v) is 5.13. The van der Waals surface area contributed by atoms with E-state index in [1.54, 1.807) is 25.4 Å². The van der Waals surface area contributed by atoms with Crippen LogP contribution in [0.25, 0.3) is 0 Å². The molecule has 7 heteroatoms. The van der Waals surface area contributed by atoms with Crippen molar-refractivity contribution in [2.45, 2.75) is 12.6 Å². The van der Waals surface area contributed by atoms with Crippen LogP contribution in [0.5, 0.6) is 5.75 Å². The molecule has 1 aromatic heterocycles. The van der Waals surface area contributed by atoms with Crippen LogP contribution in [0.1, 0.15) is 16.1 Å². The van der Waals surface area contributed by atoms with Crippen molar-refractivity contribution >= 4 is 11.9 Å². The summed E-state index contributed by atoms with van der Waals surface area (Å²) in [5.41, 5.74) is 1.43. The predicted octanol–water partition coefficient (Wildman–Crippen LogP) is 1.85. The standard InChI is InChI=1S/C20H22N4O3/c1-27-18-8-3-2-7-17(18)19(25)22-10-11-24-16(13-22)14-23(20(24)26)12-15-6-4-5-9-21-15/h2-9,16H,10-14H2,1H3/t16-/m1/s1. The zero-order chi connectivity index (χ0) is 18.8. The summed E-state index contributed by atoms with van der Waals surface area (Å²) in [7, 11) is 1.56. The van der Waals surface area contributed by atoms with Gasteiger partial charge in [-0.3, -0.25) is 9.78 Å². The number of amides is 3. The number of piperazine rings is 1. The lowest BCUT2D eigenvalue weighted by Gasteiger charge is -2.36. The second-order valence-electron chi connectivity index (χ2n) is 6.78. The molecular weight excluding hydrogens is 344 g/mol. The molecule has 27 heavy (non-hydrogen) atoms. The second-order valence-corrected chi connectivity index (χ2v) is 6.78. The largest absolute Gasteiger partial charge is 0.496 e. The molecular formula is C20H22N4O3. The number of urea groups is 1. The van der Waals surface area contributed by atoms with Gasteiger partial charge in [-0.15, -0.1) is 0 Å². The number of hydrogen-bond acceptors (Lipinski definition) is 4. The van der Waals surface area contributed by atoms with Gasteiger partial charge in [-0.2, -0.15) is 0 Å². The highest BCUT2D eigenvalue weighted by Gasteiger charge is 2.41. The summed E-state index contributed by atoms with van der Waals surface area (Å²) in [6, 6.07) is 13.0.